The first kappa shape index (κ1) is 24.6. The van der Waals surface area contributed by atoms with Gasteiger partial charge in [-0.2, -0.15) is 0 Å². The third-order valence-corrected chi connectivity index (χ3v) is 11.8. The Bertz CT molecular complexity index is 1240. The van der Waals surface area contributed by atoms with Gasteiger partial charge in [0.25, 0.3) is 0 Å². The molecule has 0 N–H and O–H groups in total. The van der Waals surface area contributed by atoms with Crippen LogP contribution in [0.1, 0.15) is 26.5 Å². The first-order chi connectivity index (χ1) is 14.7. The van der Waals surface area contributed by atoms with E-state index in [2.05, 4.69) is 14.8 Å². The van der Waals surface area contributed by atoms with E-state index in [-0.39, 0.29) is 11.4 Å². The fourth-order valence-corrected chi connectivity index (χ4v) is 7.78. The van der Waals surface area contributed by atoms with Gasteiger partial charge in [-0.05, 0) is 0 Å². The summed E-state index contributed by atoms with van der Waals surface area (Å²) in [5.74, 6) is 0. The van der Waals surface area contributed by atoms with Gasteiger partial charge in [0.1, 0.15) is 0 Å². The van der Waals surface area contributed by atoms with E-state index < -0.39 is 40.1 Å². The molecule has 0 fully saturated rings. The van der Waals surface area contributed by atoms with Crippen LogP contribution >= 0.6 is 0 Å². The SMILES string of the molecule is CN(Cc1cc2n[c]([Sn]([CH3])([CH3])[CH3])ccc2n1S(=O)(=O)c1ccccc1)C(=O)OC(C)(C)C. The van der Waals surface area contributed by atoms with E-state index in [1.807, 2.05) is 12.1 Å². The number of aromatic nitrogens is 2. The van der Waals surface area contributed by atoms with Crippen LogP contribution in [0, 0.1) is 0 Å². The van der Waals surface area contributed by atoms with Crippen molar-refractivity contribution >= 4 is 49.2 Å². The second kappa shape index (κ2) is 8.70. The van der Waals surface area contributed by atoms with Crippen LogP contribution in [0.3, 0.4) is 0 Å². The molecule has 0 spiro atoms. The van der Waals surface area contributed by atoms with Crippen LogP contribution in [0.4, 0.5) is 4.79 Å². The fraction of sp³-hybridized carbons (Fsp3) is 0.391. The van der Waals surface area contributed by atoms with Crippen molar-refractivity contribution in [1.82, 2.24) is 13.9 Å². The molecule has 3 aromatic rings. The summed E-state index contributed by atoms with van der Waals surface area (Å²) in [5, 5.41) is 0. The van der Waals surface area contributed by atoms with Crippen molar-refractivity contribution in [2.75, 3.05) is 7.05 Å². The summed E-state index contributed by atoms with van der Waals surface area (Å²) < 4.78 is 35.0. The van der Waals surface area contributed by atoms with Crippen LogP contribution in [-0.2, 0) is 21.3 Å². The summed E-state index contributed by atoms with van der Waals surface area (Å²) in [4.78, 5) is 25.7. The average molecular weight is 564 g/mol. The van der Waals surface area contributed by atoms with Crippen molar-refractivity contribution in [2.24, 2.45) is 0 Å². The summed E-state index contributed by atoms with van der Waals surface area (Å²) in [6, 6.07) is 13.8. The van der Waals surface area contributed by atoms with Crippen molar-refractivity contribution in [3.63, 3.8) is 0 Å². The summed E-state index contributed by atoms with van der Waals surface area (Å²) in [5.41, 5.74) is 0.914. The van der Waals surface area contributed by atoms with Crippen molar-refractivity contribution in [3.05, 3.63) is 54.2 Å². The van der Waals surface area contributed by atoms with Gasteiger partial charge >= 0.3 is 195 Å². The van der Waals surface area contributed by atoms with Crippen molar-refractivity contribution in [2.45, 2.75) is 52.6 Å². The Morgan fingerprint density at radius 3 is 2.28 bits per heavy atom. The van der Waals surface area contributed by atoms with Gasteiger partial charge in [0, 0.05) is 0 Å². The topological polar surface area (TPSA) is 81.5 Å². The molecule has 7 nitrogen and oxygen atoms in total. The number of pyridine rings is 1. The molecule has 0 radical (unpaired) electrons. The van der Waals surface area contributed by atoms with Gasteiger partial charge < -0.3 is 0 Å². The van der Waals surface area contributed by atoms with E-state index in [0.717, 1.165) is 3.71 Å². The van der Waals surface area contributed by atoms with Crippen molar-refractivity contribution in [1.29, 1.82) is 0 Å². The van der Waals surface area contributed by atoms with Gasteiger partial charge in [0.15, 0.2) is 0 Å². The number of rotatable bonds is 5. The quantitative estimate of drug-likeness (QED) is 0.435. The molecule has 1 aromatic carbocycles. The van der Waals surface area contributed by atoms with E-state index in [1.165, 1.54) is 8.87 Å². The van der Waals surface area contributed by atoms with Crippen molar-refractivity contribution < 1.29 is 17.9 Å². The Hall–Kier alpha value is -2.07. The molecule has 0 aliphatic heterocycles. The Morgan fingerprint density at radius 1 is 1.09 bits per heavy atom. The zero-order chi connectivity index (χ0) is 23.9. The molecule has 0 saturated carbocycles. The Morgan fingerprint density at radius 2 is 1.72 bits per heavy atom. The first-order valence-electron chi connectivity index (χ1n) is 10.5. The van der Waals surface area contributed by atoms with Crippen LogP contribution in [0.15, 0.2) is 53.4 Å². The average Bonchev–Trinajstić information content (AvgIpc) is 3.04. The fourth-order valence-electron chi connectivity index (χ4n) is 3.27. The van der Waals surface area contributed by atoms with Crippen LogP contribution in [0.2, 0.25) is 14.8 Å². The summed E-state index contributed by atoms with van der Waals surface area (Å²) in [7, 11) is -2.30. The zero-order valence-corrected chi connectivity index (χ0v) is 23.4. The number of nitrogens with zero attached hydrogens (tertiary/aromatic N) is 3. The Balaban J connectivity index is 2.16. The van der Waals surface area contributed by atoms with Gasteiger partial charge in [-0.1, -0.05) is 0 Å². The number of fused-ring (bicyclic) bond motifs is 1. The maximum atomic E-state index is 13.6. The molecule has 2 aromatic heterocycles. The number of carbonyl (C=O) groups excluding carboxylic acids is 1. The summed E-state index contributed by atoms with van der Waals surface area (Å²) in [6.07, 6.45) is -0.522. The molecule has 172 valence electrons. The molecule has 3 rings (SSSR count). The second-order valence-electron chi connectivity index (χ2n) is 9.91. The molecule has 0 unspecified atom stereocenters. The first-order valence-corrected chi connectivity index (χ1v) is 21.9. The molecule has 0 aliphatic carbocycles. The molecular weight excluding hydrogens is 533 g/mol. The minimum absolute atomic E-state index is 0.0610. The van der Waals surface area contributed by atoms with Gasteiger partial charge in [-0.15, -0.1) is 0 Å². The third-order valence-electron chi connectivity index (χ3n) is 4.84. The monoisotopic (exact) mass is 565 g/mol. The number of amides is 1. The van der Waals surface area contributed by atoms with Crippen LogP contribution in [0.25, 0.3) is 11.0 Å². The molecule has 0 saturated heterocycles. The number of carbonyl (C=O) groups is 1. The van der Waals surface area contributed by atoms with Gasteiger partial charge in [-0.3, -0.25) is 0 Å². The molecule has 1 amide bonds. The van der Waals surface area contributed by atoms with Gasteiger partial charge in [-0.25, -0.2) is 0 Å². The predicted molar refractivity (Wildman–Crippen MR) is 129 cm³/mol. The Kier molecular flexibility index (Phi) is 6.68. The van der Waals surface area contributed by atoms with E-state index >= 15 is 0 Å². The second-order valence-corrected chi connectivity index (χ2v) is 26.0. The van der Waals surface area contributed by atoms with Crippen LogP contribution < -0.4 is 3.71 Å². The molecular formula is C23H31N3O4SSn. The van der Waals surface area contributed by atoms with E-state index in [0.29, 0.717) is 16.7 Å². The number of hydrogen-bond acceptors (Lipinski definition) is 5. The number of benzene rings is 1. The number of hydrogen-bond donors (Lipinski definition) is 0. The number of ether oxygens (including phenoxy) is 1. The van der Waals surface area contributed by atoms with E-state index in [1.54, 1.807) is 64.2 Å². The van der Waals surface area contributed by atoms with E-state index in [4.69, 9.17) is 9.72 Å². The normalized spacial score (nSPS) is 12.7. The molecule has 9 heteroatoms. The summed E-state index contributed by atoms with van der Waals surface area (Å²) >= 11 is -2.47. The van der Waals surface area contributed by atoms with Gasteiger partial charge in [0.05, 0.1) is 0 Å². The molecule has 0 atom stereocenters. The Labute approximate surface area is 194 Å². The predicted octanol–water partition coefficient (Wildman–Crippen LogP) is 4.19. The molecule has 0 bridgehead atoms. The zero-order valence-electron chi connectivity index (χ0n) is 19.7. The third kappa shape index (κ3) is 5.28. The van der Waals surface area contributed by atoms with Crippen LogP contribution in [0.5, 0.6) is 0 Å². The van der Waals surface area contributed by atoms with Crippen LogP contribution in [-0.4, -0.2) is 59.4 Å². The molecule has 2 heterocycles. The van der Waals surface area contributed by atoms with E-state index in [9.17, 15) is 13.2 Å². The molecule has 32 heavy (non-hydrogen) atoms. The summed E-state index contributed by atoms with van der Waals surface area (Å²) in [6.45, 7) is 5.43. The standard InChI is InChI=1S/C20H22N3O4S.3CH3.Sn/c1-20(2,3)27-19(24)22(4)14-15-13-17-18(11-8-12-21-17)23(15)28(25,26)16-9-6-5-7-10-16;;;;/h5-11,13H,14H2,1-4H3;3*1H3;. The molecule has 0 aliphatic rings. The maximum absolute atomic E-state index is 13.6. The minimum atomic E-state index is -3.89. The van der Waals surface area contributed by atoms with Gasteiger partial charge in [0.2, 0.25) is 0 Å². The van der Waals surface area contributed by atoms with Crippen molar-refractivity contribution in [3.8, 4) is 0 Å².